The molecule has 2 aromatic heterocycles. The van der Waals surface area contributed by atoms with Crippen LogP contribution >= 0.6 is 11.6 Å². The molecule has 128 valence electrons. The van der Waals surface area contributed by atoms with Gasteiger partial charge in [-0.1, -0.05) is 11.6 Å². The fourth-order valence-electron chi connectivity index (χ4n) is 3.07. The molecule has 1 aliphatic heterocycles. The summed E-state index contributed by atoms with van der Waals surface area (Å²) in [4.78, 5) is 32.8. The summed E-state index contributed by atoms with van der Waals surface area (Å²) in [5.41, 5.74) is 0.712. The van der Waals surface area contributed by atoms with Gasteiger partial charge in [0.25, 0.3) is 5.56 Å². The second kappa shape index (κ2) is 7.17. The van der Waals surface area contributed by atoms with Crippen LogP contribution in [0.2, 0.25) is 5.02 Å². The Bertz CT molecular complexity index is 777. The first-order chi connectivity index (χ1) is 11.5. The summed E-state index contributed by atoms with van der Waals surface area (Å²) >= 11 is 5.81. The predicted molar refractivity (Wildman–Crippen MR) is 90.0 cm³/mol. The number of halogens is 1. The molecule has 0 bridgehead atoms. The van der Waals surface area contributed by atoms with Crippen LogP contribution in [-0.2, 0) is 11.3 Å². The lowest BCUT2D eigenvalue weighted by Crippen LogP contribution is -2.38. The molecule has 0 spiro atoms. The van der Waals surface area contributed by atoms with Crippen LogP contribution in [0.5, 0.6) is 0 Å². The maximum Gasteiger partial charge on any atom is 0.251 e. The van der Waals surface area contributed by atoms with Crippen molar-refractivity contribution < 1.29 is 4.79 Å². The van der Waals surface area contributed by atoms with Crippen molar-refractivity contribution in [3.05, 3.63) is 45.4 Å². The average Bonchev–Trinajstić information content (AvgIpc) is 2.97. The van der Waals surface area contributed by atoms with Gasteiger partial charge in [0, 0.05) is 44.2 Å². The number of rotatable bonds is 4. The van der Waals surface area contributed by atoms with Gasteiger partial charge in [-0.3, -0.25) is 14.3 Å². The Labute approximate surface area is 144 Å². The number of aromatic amines is 1. The highest BCUT2D eigenvalue weighted by molar-refractivity contribution is 6.30. The Balaban J connectivity index is 1.52. The number of aryl methyl sites for hydroxylation is 2. The highest BCUT2D eigenvalue weighted by atomic mass is 35.5. The van der Waals surface area contributed by atoms with Gasteiger partial charge >= 0.3 is 0 Å². The third-order valence-electron chi connectivity index (χ3n) is 4.30. The van der Waals surface area contributed by atoms with E-state index < -0.39 is 0 Å². The Morgan fingerprint density at radius 3 is 2.79 bits per heavy atom. The van der Waals surface area contributed by atoms with Crippen LogP contribution in [-0.4, -0.2) is 43.6 Å². The van der Waals surface area contributed by atoms with Crippen LogP contribution in [0, 0.1) is 6.92 Å². The van der Waals surface area contributed by atoms with Crippen LogP contribution in [0.3, 0.4) is 0 Å². The summed E-state index contributed by atoms with van der Waals surface area (Å²) in [5, 5.41) is 4.65. The largest absolute Gasteiger partial charge is 0.343 e. The molecule has 1 aliphatic rings. The Morgan fingerprint density at radius 2 is 2.17 bits per heavy atom. The molecule has 2 aromatic rings. The average molecular weight is 350 g/mol. The number of likely N-dealkylation sites (tertiary alicyclic amines) is 1. The highest BCUT2D eigenvalue weighted by Gasteiger charge is 2.24. The number of hydrogen-bond donors (Lipinski definition) is 1. The van der Waals surface area contributed by atoms with Gasteiger partial charge in [0.15, 0.2) is 0 Å². The molecule has 1 fully saturated rings. The van der Waals surface area contributed by atoms with Gasteiger partial charge < -0.3 is 9.88 Å². The lowest BCUT2D eigenvalue weighted by atomic mass is 9.93. The first-order valence-corrected chi connectivity index (χ1v) is 8.42. The highest BCUT2D eigenvalue weighted by Crippen LogP contribution is 2.26. The third kappa shape index (κ3) is 4.03. The molecule has 1 N–H and O–H groups in total. The summed E-state index contributed by atoms with van der Waals surface area (Å²) in [5.74, 6) is 0.990. The third-order valence-corrected chi connectivity index (χ3v) is 4.50. The standard InChI is InChI=1S/C16H20ClN5O2/c1-11-19-14(8-15(23)20-11)12-2-5-21(6-3-12)16(24)4-7-22-10-13(17)9-18-22/h8-10,12H,2-7H2,1H3,(H,19,20,23). The van der Waals surface area contributed by atoms with Gasteiger partial charge in [-0.15, -0.1) is 0 Å². The van der Waals surface area contributed by atoms with Gasteiger partial charge in [0.1, 0.15) is 5.82 Å². The number of carbonyl (C=O) groups excluding carboxylic acids is 1. The minimum Gasteiger partial charge on any atom is -0.343 e. The number of piperidine rings is 1. The predicted octanol–water partition coefficient (Wildman–Crippen LogP) is 1.72. The molecule has 1 amide bonds. The van der Waals surface area contributed by atoms with Crippen molar-refractivity contribution >= 4 is 17.5 Å². The molecular weight excluding hydrogens is 330 g/mol. The maximum absolute atomic E-state index is 12.3. The van der Waals surface area contributed by atoms with Crippen molar-refractivity contribution in [2.24, 2.45) is 0 Å². The smallest absolute Gasteiger partial charge is 0.251 e. The molecule has 3 heterocycles. The molecule has 0 atom stereocenters. The second-order valence-corrected chi connectivity index (χ2v) is 6.52. The van der Waals surface area contributed by atoms with Gasteiger partial charge in [-0.25, -0.2) is 4.98 Å². The van der Waals surface area contributed by atoms with Crippen molar-refractivity contribution in [2.45, 2.75) is 38.6 Å². The van der Waals surface area contributed by atoms with Crippen molar-refractivity contribution in [1.29, 1.82) is 0 Å². The van der Waals surface area contributed by atoms with Crippen molar-refractivity contribution in [3.63, 3.8) is 0 Å². The summed E-state index contributed by atoms with van der Waals surface area (Å²) in [6, 6.07) is 1.57. The fourth-order valence-corrected chi connectivity index (χ4v) is 3.22. The Kier molecular flexibility index (Phi) is 4.99. The molecule has 0 radical (unpaired) electrons. The zero-order valence-electron chi connectivity index (χ0n) is 13.5. The van der Waals surface area contributed by atoms with Gasteiger partial charge in [0.2, 0.25) is 5.91 Å². The fraction of sp³-hybridized carbons (Fsp3) is 0.500. The van der Waals surface area contributed by atoms with Crippen LogP contribution < -0.4 is 5.56 Å². The van der Waals surface area contributed by atoms with E-state index in [4.69, 9.17) is 11.6 Å². The topological polar surface area (TPSA) is 83.9 Å². The summed E-state index contributed by atoms with van der Waals surface area (Å²) in [7, 11) is 0. The number of amides is 1. The van der Waals surface area contributed by atoms with Crippen molar-refractivity contribution in [3.8, 4) is 0 Å². The maximum atomic E-state index is 12.3. The van der Waals surface area contributed by atoms with E-state index >= 15 is 0 Å². The summed E-state index contributed by atoms with van der Waals surface area (Å²) < 4.78 is 1.68. The number of nitrogens with zero attached hydrogens (tertiary/aromatic N) is 4. The number of aromatic nitrogens is 4. The van der Waals surface area contributed by atoms with E-state index in [1.54, 1.807) is 30.1 Å². The summed E-state index contributed by atoms with van der Waals surface area (Å²) in [6.45, 7) is 3.69. The van der Waals surface area contributed by atoms with E-state index in [9.17, 15) is 9.59 Å². The molecule has 1 saturated heterocycles. The molecular formula is C16H20ClN5O2. The van der Waals surface area contributed by atoms with Crippen LogP contribution in [0.1, 0.15) is 36.7 Å². The number of nitrogens with one attached hydrogen (secondary N) is 1. The van der Waals surface area contributed by atoms with Gasteiger partial charge in [0.05, 0.1) is 16.9 Å². The van der Waals surface area contributed by atoms with Crippen molar-refractivity contribution in [1.82, 2.24) is 24.6 Å². The van der Waals surface area contributed by atoms with Crippen LogP contribution in [0.15, 0.2) is 23.3 Å². The molecule has 0 aromatic carbocycles. The van der Waals surface area contributed by atoms with E-state index in [1.165, 1.54) is 0 Å². The minimum atomic E-state index is -0.117. The first kappa shape index (κ1) is 16.7. The zero-order chi connectivity index (χ0) is 17.1. The van der Waals surface area contributed by atoms with Gasteiger partial charge in [-0.05, 0) is 19.8 Å². The molecule has 7 nitrogen and oxygen atoms in total. The number of H-pyrrole nitrogens is 1. The quantitative estimate of drug-likeness (QED) is 0.911. The summed E-state index contributed by atoms with van der Waals surface area (Å²) in [6.07, 6.45) is 5.34. The molecule has 0 unspecified atom stereocenters. The van der Waals surface area contributed by atoms with E-state index in [1.807, 2.05) is 4.90 Å². The first-order valence-electron chi connectivity index (χ1n) is 8.05. The lowest BCUT2D eigenvalue weighted by Gasteiger charge is -2.31. The molecule has 24 heavy (non-hydrogen) atoms. The number of hydrogen-bond acceptors (Lipinski definition) is 4. The minimum absolute atomic E-state index is 0.117. The Morgan fingerprint density at radius 1 is 1.42 bits per heavy atom. The van der Waals surface area contributed by atoms with E-state index in [-0.39, 0.29) is 17.4 Å². The monoisotopic (exact) mass is 349 g/mol. The Hall–Kier alpha value is -2.15. The van der Waals surface area contributed by atoms with Crippen LogP contribution in [0.25, 0.3) is 0 Å². The normalized spacial score (nSPS) is 15.7. The molecule has 0 aliphatic carbocycles. The van der Waals surface area contributed by atoms with Crippen LogP contribution in [0.4, 0.5) is 0 Å². The number of carbonyl (C=O) groups is 1. The van der Waals surface area contributed by atoms with Crippen molar-refractivity contribution in [2.75, 3.05) is 13.1 Å². The molecule has 0 saturated carbocycles. The van der Waals surface area contributed by atoms with Gasteiger partial charge in [-0.2, -0.15) is 5.10 Å². The van der Waals surface area contributed by atoms with E-state index in [0.29, 0.717) is 36.9 Å². The van der Waals surface area contributed by atoms with E-state index in [2.05, 4.69) is 15.1 Å². The molecule has 8 heteroatoms. The SMILES string of the molecule is Cc1nc(C2CCN(C(=O)CCn3cc(Cl)cn3)CC2)cc(=O)[nH]1. The zero-order valence-corrected chi connectivity index (χ0v) is 14.3. The molecule has 3 rings (SSSR count). The van der Waals surface area contributed by atoms with E-state index in [0.717, 1.165) is 18.5 Å². The lowest BCUT2D eigenvalue weighted by molar-refractivity contribution is -0.132. The second-order valence-electron chi connectivity index (χ2n) is 6.08.